The monoisotopic (exact) mass is 205 g/mol. The van der Waals surface area contributed by atoms with Gasteiger partial charge in [-0.1, -0.05) is 5.92 Å². The van der Waals surface area contributed by atoms with E-state index in [4.69, 9.17) is 6.42 Å². The fourth-order valence-corrected chi connectivity index (χ4v) is 1.78. The zero-order valence-electron chi connectivity index (χ0n) is 7.75. The number of ether oxygens (including phenoxy) is 1. The maximum Gasteiger partial charge on any atom is 0.153 e. The number of hydrogen-bond acceptors (Lipinski definition) is 4. The van der Waals surface area contributed by atoms with E-state index >= 15 is 0 Å². The summed E-state index contributed by atoms with van der Waals surface area (Å²) in [4.78, 5) is 0. The molecule has 0 saturated carbocycles. The first-order chi connectivity index (χ1) is 6.12. The minimum atomic E-state index is -2.98. The predicted octanol–water partition coefficient (Wildman–Crippen LogP) is -0.730. The minimum Gasteiger partial charge on any atom is -0.384 e. The maximum atomic E-state index is 11.2. The molecule has 0 aliphatic rings. The molecule has 0 aliphatic heterocycles. The van der Waals surface area contributed by atoms with Crippen LogP contribution in [0.2, 0.25) is 0 Å². The van der Waals surface area contributed by atoms with Crippen molar-refractivity contribution in [2.24, 2.45) is 0 Å². The minimum absolute atomic E-state index is 0.0707. The summed E-state index contributed by atoms with van der Waals surface area (Å²) in [6.45, 7) is 1.05. The summed E-state index contributed by atoms with van der Waals surface area (Å²) >= 11 is 0. The molecule has 0 heterocycles. The number of sulfone groups is 1. The summed E-state index contributed by atoms with van der Waals surface area (Å²) in [5, 5.41) is 2.81. The average molecular weight is 205 g/mol. The largest absolute Gasteiger partial charge is 0.384 e. The van der Waals surface area contributed by atoms with Gasteiger partial charge in [0, 0.05) is 13.7 Å². The van der Waals surface area contributed by atoms with Gasteiger partial charge in [0.25, 0.3) is 0 Å². The summed E-state index contributed by atoms with van der Waals surface area (Å²) in [7, 11) is -1.50. The van der Waals surface area contributed by atoms with E-state index in [1.54, 1.807) is 0 Å². The summed E-state index contributed by atoms with van der Waals surface area (Å²) in [6, 6.07) is 0. The lowest BCUT2D eigenvalue weighted by molar-refractivity contribution is 0.217. The normalized spacial score (nSPS) is 11.1. The Hall–Kier alpha value is -0.570. The molecule has 0 aliphatic carbocycles. The Morgan fingerprint density at radius 2 is 2.15 bits per heavy atom. The molecule has 0 amide bonds. The molecule has 0 rings (SSSR count). The number of hydrogen-bond donors (Lipinski definition) is 1. The van der Waals surface area contributed by atoms with E-state index in [1.807, 2.05) is 0 Å². The fraction of sp³-hybridized carbons (Fsp3) is 0.750. The molecule has 5 heteroatoms. The smallest absolute Gasteiger partial charge is 0.153 e. The molecule has 0 aromatic rings. The molecule has 0 fully saturated rings. The SMILES string of the molecule is C#CCNCCS(=O)(=O)CCOC. The van der Waals surface area contributed by atoms with Gasteiger partial charge in [0.2, 0.25) is 0 Å². The van der Waals surface area contributed by atoms with Gasteiger partial charge in [-0.05, 0) is 0 Å². The highest BCUT2D eigenvalue weighted by Gasteiger charge is 2.08. The van der Waals surface area contributed by atoms with Crippen LogP contribution in [0.15, 0.2) is 0 Å². The van der Waals surface area contributed by atoms with Crippen molar-refractivity contribution in [3.63, 3.8) is 0 Å². The van der Waals surface area contributed by atoms with Crippen molar-refractivity contribution in [1.29, 1.82) is 0 Å². The third-order valence-corrected chi connectivity index (χ3v) is 3.03. The van der Waals surface area contributed by atoms with Gasteiger partial charge < -0.3 is 10.1 Å². The van der Waals surface area contributed by atoms with Crippen molar-refractivity contribution in [2.45, 2.75) is 0 Å². The van der Waals surface area contributed by atoms with E-state index in [-0.39, 0.29) is 18.1 Å². The quantitative estimate of drug-likeness (QED) is 0.440. The Morgan fingerprint density at radius 1 is 1.46 bits per heavy atom. The highest BCUT2D eigenvalue weighted by Crippen LogP contribution is 1.88. The van der Waals surface area contributed by atoms with E-state index in [0.29, 0.717) is 13.1 Å². The molecule has 0 unspecified atom stereocenters. The zero-order chi connectivity index (χ0) is 10.2. The first-order valence-electron chi connectivity index (χ1n) is 3.96. The third-order valence-electron chi connectivity index (χ3n) is 1.42. The van der Waals surface area contributed by atoms with E-state index in [1.165, 1.54) is 7.11 Å². The lowest BCUT2D eigenvalue weighted by Gasteiger charge is -2.03. The molecule has 0 aromatic carbocycles. The molecule has 0 spiro atoms. The maximum absolute atomic E-state index is 11.2. The lowest BCUT2D eigenvalue weighted by Crippen LogP contribution is -2.25. The Balaban J connectivity index is 3.59. The molecule has 0 atom stereocenters. The van der Waals surface area contributed by atoms with E-state index in [9.17, 15) is 8.42 Å². The van der Waals surface area contributed by atoms with Crippen LogP contribution < -0.4 is 5.32 Å². The molecule has 0 radical (unpaired) electrons. The Kier molecular flexibility index (Phi) is 6.59. The van der Waals surface area contributed by atoms with Gasteiger partial charge in [-0.15, -0.1) is 6.42 Å². The van der Waals surface area contributed by atoms with Gasteiger partial charge in [0.05, 0.1) is 24.7 Å². The Morgan fingerprint density at radius 3 is 2.69 bits per heavy atom. The number of rotatable bonds is 7. The zero-order valence-corrected chi connectivity index (χ0v) is 8.56. The van der Waals surface area contributed by atoms with Crippen molar-refractivity contribution in [3.8, 4) is 12.3 Å². The molecule has 76 valence electrons. The van der Waals surface area contributed by atoms with Gasteiger partial charge in [-0.25, -0.2) is 8.42 Å². The van der Waals surface area contributed by atoms with E-state index < -0.39 is 9.84 Å². The summed E-state index contributed by atoms with van der Waals surface area (Å²) in [6.07, 6.45) is 4.98. The average Bonchev–Trinajstić information content (AvgIpc) is 2.09. The van der Waals surface area contributed by atoms with Gasteiger partial charge in [0.1, 0.15) is 0 Å². The molecule has 1 N–H and O–H groups in total. The van der Waals surface area contributed by atoms with Gasteiger partial charge in [0.15, 0.2) is 9.84 Å². The lowest BCUT2D eigenvalue weighted by atomic mass is 10.6. The van der Waals surface area contributed by atoms with Crippen LogP contribution in [0.4, 0.5) is 0 Å². The first kappa shape index (κ1) is 12.4. The molecular weight excluding hydrogens is 190 g/mol. The van der Waals surface area contributed by atoms with Gasteiger partial charge in [-0.2, -0.15) is 0 Å². The summed E-state index contributed by atoms with van der Waals surface area (Å²) in [5.74, 6) is 2.55. The van der Waals surface area contributed by atoms with E-state index in [2.05, 4.69) is 16.0 Å². The molecule has 13 heavy (non-hydrogen) atoms. The van der Waals surface area contributed by atoms with Gasteiger partial charge >= 0.3 is 0 Å². The molecule has 0 aromatic heterocycles. The predicted molar refractivity (Wildman–Crippen MR) is 52.2 cm³/mol. The summed E-state index contributed by atoms with van der Waals surface area (Å²) < 4.78 is 27.0. The van der Waals surface area contributed by atoms with Gasteiger partial charge in [-0.3, -0.25) is 0 Å². The number of nitrogens with one attached hydrogen (secondary N) is 1. The van der Waals surface area contributed by atoms with Crippen LogP contribution in [-0.2, 0) is 14.6 Å². The summed E-state index contributed by atoms with van der Waals surface area (Å²) in [5.41, 5.74) is 0. The van der Waals surface area contributed by atoms with Crippen LogP contribution in [0.1, 0.15) is 0 Å². The molecule has 0 bridgehead atoms. The first-order valence-corrected chi connectivity index (χ1v) is 5.78. The van der Waals surface area contributed by atoms with Crippen LogP contribution >= 0.6 is 0 Å². The van der Waals surface area contributed by atoms with Crippen LogP contribution in [0, 0.1) is 12.3 Å². The van der Waals surface area contributed by atoms with Crippen LogP contribution in [-0.4, -0.2) is 46.7 Å². The third kappa shape index (κ3) is 7.78. The highest BCUT2D eigenvalue weighted by molar-refractivity contribution is 7.91. The van der Waals surface area contributed by atoms with Crippen molar-refractivity contribution < 1.29 is 13.2 Å². The Bertz CT molecular complexity index is 253. The molecule has 0 saturated heterocycles. The number of terminal acetylenes is 1. The van der Waals surface area contributed by atoms with Crippen molar-refractivity contribution >= 4 is 9.84 Å². The van der Waals surface area contributed by atoms with Crippen LogP contribution in [0.3, 0.4) is 0 Å². The second kappa shape index (κ2) is 6.89. The molecular formula is C8H15NO3S. The van der Waals surface area contributed by atoms with Crippen LogP contribution in [0.25, 0.3) is 0 Å². The second-order valence-corrected chi connectivity index (χ2v) is 4.83. The van der Waals surface area contributed by atoms with Crippen molar-refractivity contribution in [2.75, 3.05) is 38.3 Å². The topological polar surface area (TPSA) is 55.4 Å². The standard InChI is InChI=1S/C8H15NO3S/c1-3-4-9-5-7-13(10,11)8-6-12-2/h1,9H,4-8H2,2H3. The Labute approximate surface area is 79.6 Å². The number of methoxy groups -OCH3 is 1. The van der Waals surface area contributed by atoms with Crippen molar-refractivity contribution in [1.82, 2.24) is 5.32 Å². The van der Waals surface area contributed by atoms with E-state index in [0.717, 1.165) is 0 Å². The highest BCUT2D eigenvalue weighted by atomic mass is 32.2. The van der Waals surface area contributed by atoms with Crippen molar-refractivity contribution in [3.05, 3.63) is 0 Å². The fourth-order valence-electron chi connectivity index (χ4n) is 0.701. The van der Waals surface area contributed by atoms with Crippen LogP contribution in [0.5, 0.6) is 0 Å². The second-order valence-electron chi connectivity index (χ2n) is 2.53. The molecule has 4 nitrogen and oxygen atoms in total.